The lowest BCUT2D eigenvalue weighted by molar-refractivity contribution is 0.0754. The Morgan fingerprint density at radius 3 is 2.71 bits per heavy atom. The summed E-state index contributed by atoms with van der Waals surface area (Å²) in [5, 5.41) is 8.75. The summed E-state index contributed by atoms with van der Waals surface area (Å²) in [7, 11) is 0. The lowest BCUT2D eigenvalue weighted by Gasteiger charge is -2.20. The van der Waals surface area contributed by atoms with Crippen molar-refractivity contribution in [3.63, 3.8) is 0 Å². The second kappa shape index (κ2) is 6.35. The smallest absolute Gasteiger partial charge is 0.253 e. The van der Waals surface area contributed by atoms with Crippen LogP contribution in [0.1, 0.15) is 29.3 Å². The zero-order valence-corrected chi connectivity index (χ0v) is 10.2. The number of carbonyl (C=O) groups is 1. The number of amides is 1. The Hall–Kier alpha value is -1.42. The Labute approximate surface area is 101 Å². The van der Waals surface area contributed by atoms with E-state index in [-0.39, 0.29) is 18.3 Å². The molecule has 0 aliphatic heterocycles. The van der Waals surface area contributed by atoms with Gasteiger partial charge in [-0.05, 0) is 38.0 Å². The van der Waals surface area contributed by atoms with Crippen molar-refractivity contribution in [1.82, 2.24) is 4.90 Å². The summed E-state index contributed by atoms with van der Waals surface area (Å²) in [5.74, 6) is -0.561. The van der Waals surface area contributed by atoms with Gasteiger partial charge in [-0.15, -0.1) is 0 Å². The molecule has 17 heavy (non-hydrogen) atoms. The number of benzene rings is 1. The molecule has 0 spiro atoms. The summed E-state index contributed by atoms with van der Waals surface area (Å²) in [5.41, 5.74) is 0.882. The molecular weight excluding hydrogens is 221 g/mol. The Kier molecular flexibility index (Phi) is 5.10. The lowest BCUT2D eigenvalue weighted by atomic mass is 10.1. The van der Waals surface area contributed by atoms with Crippen LogP contribution in [-0.2, 0) is 0 Å². The lowest BCUT2D eigenvalue weighted by Crippen LogP contribution is -2.32. The maximum absolute atomic E-state index is 13.3. The van der Waals surface area contributed by atoms with E-state index in [1.165, 1.54) is 6.07 Å². The predicted molar refractivity (Wildman–Crippen MR) is 64.4 cm³/mol. The zero-order chi connectivity index (χ0) is 12.8. The van der Waals surface area contributed by atoms with Crippen molar-refractivity contribution < 1.29 is 14.3 Å². The van der Waals surface area contributed by atoms with E-state index in [0.29, 0.717) is 30.6 Å². The van der Waals surface area contributed by atoms with Crippen LogP contribution < -0.4 is 0 Å². The molecule has 1 amide bonds. The zero-order valence-electron chi connectivity index (χ0n) is 10.2. The highest BCUT2D eigenvalue weighted by atomic mass is 19.1. The molecule has 0 unspecified atom stereocenters. The third-order valence-corrected chi connectivity index (χ3v) is 2.67. The minimum absolute atomic E-state index is 0.0477. The number of halogens is 1. The number of aryl methyl sites for hydroxylation is 1. The molecule has 0 heterocycles. The van der Waals surface area contributed by atoms with Gasteiger partial charge in [0, 0.05) is 25.3 Å². The molecule has 0 atom stereocenters. The molecular formula is C13H18FNO2. The first-order valence-corrected chi connectivity index (χ1v) is 5.76. The number of carbonyl (C=O) groups excluding carboxylic acids is 1. The molecule has 0 saturated heterocycles. The normalized spacial score (nSPS) is 10.4. The quantitative estimate of drug-likeness (QED) is 0.853. The number of aliphatic hydroxyl groups excluding tert-OH is 1. The summed E-state index contributed by atoms with van der Waals surface area (Å²) < 4.78 is 13.3. The van der Waals surface area contributed by atoms with E-state index in [0.717, 1.165) is 0 Å². The number of hydrogen-bond acceptors (Lipinski definition) is 2. The highest BCUT2D eigenvalue weighted by molar-refractivity contribution is 5.94. The SMILES string of the molecule is CCN(CCCO)C(=O)c1ccc(C)c(F)c1. The van der Waals surface area contributed by atoms with Gasteiger partial charge in [-0.2, -0.15) is 0 Å². The molecule has 0 aromatic heterocycles. The maximum Gasteiger partial charge on any atom is 0.253 e. The summed E-state index contributed by atoms with van der Waals surface area (Å²) in [6.45, 7) is 4.61. The molecule has 1 rings (SSSR count). The number of aliphatic hydroxyl groups is 1. The standard InChI is InChI=1S/C13H18FNO2/c1-3-15(7-4-8-16)13(17)11-6-5-10(2)12(14)9-11/h5-6,9,16H,3-4,7-8H2,1-2H3. The van der Waals surface area contributed by atoms with Crippen molar-refractivity contribution in [1.29, 1.82) is 0 Å². The largest absolute Gasteiger partial charge is 0.396 e. The number of rotatable bonds is 5. The van der Waals surface area contributed by atoms with Crippen molar-refractivity contribution in [3.05, 3.63) is 35.1 Å². The fourth-order valence-corrected chi connectivity index (χ4v) is 1.57. The van der Waals surface area contributed by atoms with Crippen molar-refractivity contribution in [2.24, 2.45) is 0 Å². The van der Waals surface area contributed by atoms with Gasteiger partial charge in [0.25, 0.3) is 5.91 Å². The van der Waals surface area contributed by atoms with Crippen LogP contribution in [0, 0.1) is 12.7 Å². The molecule has 0 aliphatic carbocycles. The van der Waals surface area contributed by atoms with Gasteiger partial charge in [-0.25, -0.2) is 4.39 Å². The van der Waals surface area contributed by atoms with Crippen LogP contribution in [0.15, 0.2) is 18.2 Å². The van der Waals surface area contributed by atoms with E-state index in [1.807, 2.05) is 6.92 Å². The van der Waals surface area contributed by atoms with Crippen LogP contribution in [0.5, 0.6) is 0 Å². The third-order valence-electron chi connectivity index (χ3n) is 2.67. The molecule has 1 aromatic carbocycles. The van der Waals surface area contributed by atoms with Crippen LogP contribution >= 0.6 is 0 Å². The monoisotopic (exact) mass is 239 g/mol. The van der Waals surface area contributed by atoms with Gasteiger partial charge >= 0.3 is 0 Å². The highest BCUT2D eigenvalue weighted by Crippen LogP contribution is 2.11. The Balaban J connectivity index is 2.82. The van der Waals surface area contributed by atoms with Gasteiger partial charge in [-0.1, -0.05) is 6.07 Å². The van der Waals surface area contributed by atoms with E-state index in [9.17, 15) is 9.18 Å². The van der Waals surface area contributed by atoms with Crippen molar-refractivity contribution >= 4 is 5.91 Å². The first kappa shape index (κ1) is 13.6. The molecule has 94 valence electrons. The molecule has 0 bridgehead atoms. The minimum Gasteiger partial charge on any atom is -0.396 e. The fourth-order valence-electron chi connectivity index (χ4n) is 1.57. The van der Waals surface area contributed by atoms with E-state index >= 15 is 0 Å². The van der Waals surface area contributed by atoms with E-state index in [1.54, 1.807) is 24.0 Å². The molecule has 3 nitrogen and oxygen atoms in total. The van der Waals surface area contributed by atoms with Gasteiger partial charge in [0.2, 0.25) is 0 Å². The molecule has 0 radical (unpaired) electrons. The third kappa shape index (κ3) is 3.53. The number of hydrogen-bond donors (Lipinski definition) is 1. The predicted octanol–water partition coefficient (Wildman–Crippen LogP) is 1.98. The first-order chi connectivity index (χ1) is 8.10. The summed E-state index contributed by atoms with van der Waals surface area (Å²) in [6.07, 6.45) is 0.536. The van der Waals surface area contributed by atoms with Gasteiger partial charge in [0.05, 0.1) is 0 Å². The van der Waals surface area contributed by atoms with Gasteiger partial charge in [-0.3, -0.25) is 4.79 Å². The van der Waals surface area contributed by atoms with Crippen molar-refractivity contribution in [2.75, 3.05) is 19.7 Å². The first-order valence-electron chi connectivity index (χ1n) is 5.76. The molecule has 1 aromatic rings. The summed E-state index contributed by atoms with van der Waals surface area (Å²) in [6, 6.07) is 4.49. The topological polar surface area (TPSA) is 40.5 Å². The average molecular weight is 239 g/mol. The fraction of sp³-hybridized carbons (Fsp3) is 0.462. The molecule has 0 fully saturated rings. The van der Waals surface area contributed by atoms with Gasteiger partial charge in [0.15, 0.2) is 0 Å². The Morgan fingerprint density at radius 1 is 1.47 bits per heavy atom. The second-order valence-corrected chi connectivity index (χ2v) is 3.93. The van der Waals surface area contributed by atoms with E-state index < -0.39 is 0 Å². The van der Waals surface area contributed by atoms with Gasteiger partial charge in [0.1, 0.15) is 5.82 Å². The maximum atomic E-state index is 13.3. The van der Waals surface area contributed by atoms with Crippen LogP contribution in [0.2, 0.25) is 0 Å². The molecule has 1 N–H and O–H groups in total. The summed E-state index contributed by atoms with van der Waals surface area (Å²) in [4.78, 5) is 13.6. The van der Waals surface area contributed by atoms with Crippen molar-refractivity contribution in [3.8, 4) is 0 Å². The average Bonchev–Trinajstić information content (AvgIpc) is 2.33. The Bertz CT molecular complexity index is 393. The van der Waals surface area contributed by atoms with Crippen LogP contribution in [0.3, 0.4) is 0 Å². The second-order valence-electron chi connectivity index (χ2n) is 3.93. The molecule has 0 saturated carbocycles. The van der Waals surface area contributed by atoms with Crippen molar-refractivity contribution in [2.45, 2.75) is 20.3 Å². The summed E-state index contributed by atoms with van der Waals surface area (Å²) >= 11 is 0. The van der Waals surface area contributed by atoms with Crippen LogP contribution in [0.4, 0.5) is 4.39 Å². The van der Waals surface area contributed by atoms with E-state index in [4.69, 9.17) is 5.11 Å². The van der Waals surface area contributed by atoms with E-state index in [2.05, 4.69) is 0 Å². The highest BCUT2D eigenvalue weighted by Gasteiger charge is 2.14. The number of nitrogens with zero attached hydrogens (tertiary/aromatic N) is 1. The Morgan fingerprint density at radius 2 is 2.18 bits per heavy atom. The minimum atomic E-state index is -0.367. The molecule has 4 heteroatoms. The van der Waals surface area contributed by atoms with Crippen LogP contribution in [0.25, 0.3) is 0 Å². The molecule has 0 aliphatic rings. The van der Waals surface area contributed by atoms with Gasteiger partial charge < -0.3 is 10.0 Å². The van der Waals surface area contributed by atoms with Crippen LogP contribution in [-0.4, -0.2) is 35.6 Å².